The Morgan fingerprint density at radius 1 is 1.00 bits per heavy atom. The van der Waals surface area contributed by atoms with Crippen molar-refractivity contribution in [2.24, 2.45) is 5.92 Å². The lowest BCUT2D eigenvalue weighted by molar-refractivity contribution is -0.128. The van der Waals surface area contributed by atoms with Crippen molar-refractivity contribution in [1.82, 2.24) is 4.90 Å². The number of nitrogens with one attached hydrogen (secondary N) is 2. The molecule has 0 unspecified atom stereocenters. The average Bonchev–Trinajstić information content (AvgIpc) is 3.62. The van der Waals surface area contributed by atoms with E-state index < -0.39 is 22.7 Å². The summed E-state index contributed by atoms with van der Waals surface area (Å²) in [4.78, 5) is 44.9. The van der Waals surface area contributed by atoms with Crippen molar-refractivity contribution in [3.63, 3.8) is 0 Å². The molecule has 4 aliphatic rings. The lowest BCUT2D eigenvalue weighted by atomic mass is 9.60. The van der Waals surface area contributed by atoms with E-state index in [1.165, 1.54) is 23.5 Å². The minimum absolute atomic E-state index is 0.261. The molecule has 0 radical (unpaired) electrons. The summed E-state index contributed by atoms with van der Waals surface area (Å²) in [7, 11) is 0. The van der Waals surface area contributed by atoms with Crippen LogP contribution in [-0.4, -0.2) is 35.1 Å². The highest BCUT2D eigenvalue weighted by Crippen LogP contribution is 2.66. The lowest BCUT2D eigenvalue weighted by Gasteiger charge is -2.38. The van der Waals surface area contributed by atoms with Gasteiger partial charge in [0.1, 0.15) is 16.8 Å². The quantitative estimate of drug-likeness (QED) is 0.554. The van der Waals surface area contributed by atoms with Crippen molar-refractivity contribution < 1.29 is 18.8 Å². The Morgan fingerprint density at radius 3 is 2.62 bits per heavy atom. The third-order valence-electron chi connectivity index (χ3n) is 8.11. The maximum atomic E-state index is 14.6. The number of thiophene rings is 1. The van der Waals surface area contributed by atoms with Crippen LogP contribution in [0.4, 0.5) is 15.8 Å². The van der Waals surface area contributed by atoms with Crippen LogP contribution in [0, 0.1) is 11.7 Å². The smallest absolute Gasteiger partial charge is 0.250 e. The van der Waals surface area contributed by atoms with Gasteiger partial charge in [-0.25, -0.2) is 4.39 Å². The molecule has 2 N–H and O–H groups in total. The Kier molecular flexibility index (Phi) is 3.90. The highest BCUT2D eigenvalue weighted by atomic mass is 32.1. The number of halogens is 1. The molecule has 0 saturated carbocycles. The number of anilines is 2. The Balaban J connectivity index is 1.60. The Bertz CT molecular complexity index is 1410. The molecular formula is C26H20FN3O3S. The minimum Gasteiger partial charge on any atom is -0.325 e. The van der Waals surface area contributed by atoms with E-state index in [-0.39, 0.29) is 23.6 Å². The van der Waals surface area contributed by atoms with Crippen LogP contribution in [0.25, 0.3) is 0 Å². The van der Waals surface area contributed by atoms with Gasteiger partial charge in [-0.15, -0.1) is 11.3 Å². The molecule has 2 spiro atoms. The van der Waals surface area contributed by atoms with Gasteiger partial charge < -0.3 is 10.6 Å². The molecule has 0 aliphatic carbocycles. The van der Waals surface area contributed by atoms with Crippen LogP contribution in [0.5, 0.6) is 0 Å². The number of hydrogen-bond acceptors (Lipinski definition) is 5. The highest BCUT2D eigenvalue weighted by Gasteiger charge is 2.78. The molecule has 1 aromatic heterocycles. The van der Waals surface area contributed by atoms with E-state index >= 15 is 0 Å². The number of rotatable bonds is 2. The van der Waals surface area contributed by atoms with Gasteiger partial charge in [-0.1, -0.05) is 24.3 Å². The first kappa shape index (κ1) is 20.1. The van der Waals surface area contributed by atoms with Crippen LogP contribution in [0.3, 0.4) is 0 Å². The first-order valence-electron chi connectivity index (χ1n) is 11.4. The fourth-order valence-corrected chi connectivity index (χ4v) is 7.77. The molecule has 5 heterocycles. The molecule has 3 aromatic rings. The van der Waals surface area contributed by atoms with E-state index in [0.717, 1.165) is 12.0 Å². The van der Waals surface area contributed by atoms with Gasteiger partial charge in [-0.3, -0.25) is 19.3 Å². The third kappa shape index (κ3) is 2.12. The number of carbonyl (C=O) groups is 3. The van der Waals surface area contributed by atoms with Crippen LogP contribution in [0.2, 0.25) is 0 Å². The largest absolute Gasteiger partial charge is 0.325 e. The van der Waals surface area contributed by atoms with Gasteiger partial charge in [0.05, 0.1) is 10.8 Å². The van der Waals surface area contributed by atoms with Gasteiger partial charge in [-0.05, 0) is 60.7 Å². The highest BCUT2D eigenvalue weighted by molar-refractivity contribution is 7.12. The topological polar surface area (TPSA) is 78.5 Å². The maximum absolute atomic E-state index is 14.6. The molecule has 2 fully saturated rings. The van der Waals surface area contributed by atoms with Gasteiger partial charge in [-0.2, -0.15) is 0 Å². The third-order valence-corrected chi connectivity index (χ3v) is 9.00. The Morgan fingerprint density at radius 2 is 1.79 bits per heavy atom. The van der Waals surface area contributed by atoms with Crippen LogP contribution in [-0.2, 0) is 20.5 Å². The van der Waals surface area contributed by atoms with Crippen LogP contribution >= 0.6 is 11.3 Å². The first-order valence-corrected chi connectivity index (χ1v) is 12.3. The van der Waals surface area contributed by atoms with Crippen molar-refractivity contribution in [1.29, 1.82) is 0 Å². The van der Waals surface area contributed by atoms with Crippen molar-refractivity contribution in [3.05, 3.63) is 81.8 Å². The molecule has 8 heteroatoms. The lowest BCUT2D eigenvalue weighted by Crippen LogP contribution is -2.55. The van der Waals surface area contributed by atoms with Gasteiger partial charge in [0.25, 0.3) is 0 Å². The van der Waals surface area contributed by atoms with Crippen molar-refractivity contribution in [2.75, 3.05) is 17.2 Å². The van der Waals surface area contributed by atoms with E-state index in [0.29, 0.717) is 34.8 Å². The maximum Gasteiger partial charge on any atom is 0.250 e. The van der Waals surface area contributed by atoms with E-state index in [1.54, 1.807) is 18.2 Å². The minimum atomic E-state index is -1.48. The summed E-state index contributed by atoms with van der Waals surface area (Å²) < 4.78 is 14.6. The monoisotopic (exact) mass is 473 g/mol. The van der Waals surface area contributed by atoms with Gasteiger partial charge >= 0.3 is 0 Å². The molecule has 6 nitrogen and oxygen atoms in total. The van der Waals surface area contributed by atoms with E-state index in [2.05, 4.69) is 10.6 Å². The summed E-state index contributed by atoms with van der Waals surface area (Å²) in [5.41, 5.74) is -0.411. The second-order valence-corrected chi connectivity index (χ2v) is 10.4. The number of ketones is 1. The summed E-state index contributed by atoms with van der Waals surface area (Å²) in [5, 5.41) is 7.74. The molecule has 170 valence electrons. The predicted octanol–water partition coefficient (Wildman–Crippen LogP) is 3.90. The van der Waals surface area contributed by atoms with Crippen molar-refractivity contribution >= 4 is 40.3 Å². The van der Waals surface area contributed by atoms with E-state index in [9.17, 15) is 18.8 Å². The zero-order valence-electron chi connectivity index (χ0n) is 18.0. The normalized spacial score (nSPS) is 31.0. The SMILES string of the molecule is O=C(c1cccs1)[C@@H]1[C@@]2(C(=O)Nc3ccccc32)[C@H]2CCCN2[C@]12C(=O)Nc1ccc(F)cc12. The van der Waals surface area contributed by atoms with Crippen LogP contribution in [0.15, 0.2) is 60.0 Å². The van der Waals surface area contributed by atoms with Gasteiger partial charge in [0.2, 0.25) is 11.8 Å². The second kappa shape index (κ2) is 6.61. The molecule has 2 amide bonds. The summed E-state index contributed by atoms with van der Waals surface area (Å²) in [6.45, 7) is 0.541. The summed E-state index contributed by atoms with van der Waals surface area (Å²) in [6.07, 6.45) is 1.44. The zero-order chi connectivity index (χ0) is 23.2. The van der Waals surface area contributed by atoms with Gasteiger partial charge in [0, 0.05) is 23.0 Å². The first-order chi connectivity index (χ1) is 16.5. The second-order valence-electron chi connectivity index (χ2n) is 9.41. The number of hydrogen-bond donors (Lipinski definition) is 2. The summed E-state index contributed by atoms with van der Waals surface area (Å²) in [6, 6.07) is 14.8. The Labute approximate surface area is 198 Å². The van der Waals surface area contributed by atoms with Crippen LogP contribution < -0.4 is 10.6 Å². The fourth-order valence-electron chi connectivity index (χ4n) is 7.08. The summed E-state index contributed by atoms with van der Waals surface area (Å²) >= 11 is 1.29. The molecule has 7 rings (SSSR count). The standard InChI is InChI=1S/C26H20FN3O3S/c27-14-9-10-18-16(13-14)26(24(33)29-18)22(21(31)19-7-4-12-34-19)25(20-8-3-11-30(20)26)15-5-1-2-6-17(15)28-23(25)32/h1-2,4-7,9-10,12-13,20,22H,3,8,11H2,(H,28,32)(H,29,33)/t20-,22-,25+,26+/m1/s1. The predicted molar refractivity (Wildman–Crippen MR) is 125 cm³/mol. The number of para-hydroxylation sites is 1. The average molecular weight is 474 g/mol. The number of carbonyl (C=O) groups excluding carboxylic acids is 3. The molecule has 4 aliphatic heterocycles. The number of fused-ring (bicyclic) bond motifs is 7. The number of nitrogens with zero attached hydrogens (tertiary/aromatic N) is 1. The molecule has 2 aromatic carbocycles. The van der Waals surface area contributed by atoms with Gasteiger partial charge in [0.15, 0.2) is 5.78 Å². The van der Waals surface area contributed by atoms with Crippen molar-refractivity contribution in [2.45, 2.75) is 29.8 Å². The zero-order valence-corrected chi connectivity index (χ0v) is 18.8. The Hall–Kier alpha value is -3.36. The molecule has 4 atom stereocenters. The number of amides is 2. The van der Waals surface area contributed by atoms with E-state index in [1.807, 2.05) is 34.5 Å². The summed E-state index contributed by atoms with van der Waals surface area (Å²) in [5.74, 6) is -2.43. The van der Waals surface area contributed by atoms with E-state index in [4.69, 9.17) is 0 Å². The fraction of sp³-hybridized carbons (Fsp3) is 0.269. The molecule has 2 saturated heterocycles. The number of Topliss-reactive ketones (excluding diaryl/α,β-unsaturated/α-hetero) is 1. The van der Waals surface area contributed by atoms with Crippen LogP contribution in [0.1, 0.15) is 33.6 Å². The number of benzene rings is 2. The molecule has 34 heavy (non-hydrogen) atoms. The molecular weight excluding hydrogens is 453 g/mol. The molecule has 0 bridgehead atoms. The van der Waals surface area contributed by atoms with Crippen molar-refractivity contribution in [3.8, 4) is 0 Å².